The Kier molecular flexibility index (Phi) is 5.29. The van der Waals surface area contributed by atoms with Crippen LogP contribution in [0.25, 0.3) is 11.4 Å². The van der Waals surface area contributed by atoms with Gasteiger partial charge in [0.05, 0.1) is 5.75 Å². The smallest absolute Gasteiger partial charge is 0.237 e. The number of ether oxygens (including phenoxy) is 1. The van der Waals surface area contributed by atoms with Crippen molar-refractivity contribution in [2.45, 2.75) is 24.8 Å². The third-order valence-electron chi connectivity index (χ3n) is 3.71. The maximum absolute atomic E-state index is 5.69. The van der Waals surface area contributed by atoms with Crippen LogP contribution in [0.3, 0.4) is 0 Å². The maximum atomic E-state index is 5.69. The number of aromatic nitrogens is 5. The Balaban J connectivity index is 1.41. The third-order valence-corrected chi connectivity index (χ3v) is 4.55. The second kappa shape index (κ2) is 8.18. The number of hydrogen-bond acceptors (Lipinski definition) is 8. The molecule has 8 heteroatoms. The first-order valence-corrected chi connectivity index (χ1v) is 9.61. The topological polar surface area (TPSA) is 86.8 Å². The van der Waals surface area contributed by atoms with Crippen LogP contribution in [0.15, 0.2) is 64.4 Å². The minimum atomic E-state index is 0.482. The van der Waals surface area contributed by atoms with E-state index in [9.17, 15) is 0 Å². The van der Waals surface area contributed by atoms with Crippen molar-refractivity contribution in [3.05, 3.63) is 72.0 Å². The van der Waals surface area contributed by atoms with Gasteiger partial charge in [0.15, 0.2) is 5.16 Å². The second-order valence-electron chi connectivity index (χ2n) is 6.03. The van der Waals surface area contributed by atoms with Crippen LogP contribution >= 0.6 is 11.8 Å². The molecule has 0 bridgehead atoms. The van der Waals surface area contributed by atoms with Crippen molar-refractivity contribution in [2.75, 3.05) is 0 Å². The Labute approximate surface area is 166 Å². The molecule has 3 aromatic heterocycles. The zero-order valence-electron chi connectivity index (χ0n) is 15.4. The van der Waals surface area contributed by atoms with Crippen LogP contribution in [0.4, 0.5) is 0 Å². The van der Waals surface area contributed by atoms with E-state index >= 15 is 0 Å². The van der Waals surface area contributed by atoms with Crippen molar-refractivity contribution in [3.8, 4) is 23.0 Å². The molecule has 0 unspecified atom stereocenters. The molecule has 0 spiro atoms. The summed E-state index contributed by atoms with van der Waals surface area (Å²) in [4.78, 5) is 17.5. The van der Waals surface area contributed by atoms with Gasteiger partial charge in [-0.1, -0.05) is 35.1 Å². The summed E-state index contributed by atoms with van der Waals surface area (Å²) >= 11 is 1.46. The summed E-state index contributed by atoms with van der Waals surface area (Å²) in [5.41, 5.74) is 2.62. The lowest BCUT2D eigenvalue weighted by Gasteiger charge is -2.04. The highest BCUT2D eigenvalue weighted by molar-refractivity contribution is 7.98. The first-order valence-electron chi connectivity index (χ1n) is 8.63. The lowest BCUT2D eigenvalue weighted by atomic mass is 10.3. The van der Waals surface area contributed by atoms with Gasteiger partial charge in [0, 0.05) is 29.2 Å². The Bertz CT molecular complexity index is 1050. The van der Waals surface area contributed by atoms with Gasteiger partial charge in [0.2, 0.25) is 17.6 Å². The minimum Gasteiger partial charge on any atom is -0.439 e. The highest BCUT2D eigenvalue weighted by Crippen LogP contribution is 2.24. The number of pyridine rings is 1. The molecule has 0 fully saturated rings. The molecule has 7 nitrogen and oxygen atoms in total. The van der Waals surface area contributed by atoms with Crippen LogP contribution in [-0.2, 0) is 5.75 Å². The third kappa shape index (κ3) is 4.52. The van der Waals surface area contributed by atoms with Crippen molar-refractivity contribution >= 4 is 11.8 Å². The number of thioether (sulfide) groups is 1. The van der Waals surface area contributed by atoms with E-state index < -0.39 is 0 Å². The van der Waals surface area contributed by atoms with Gasteiger partial charge >= 0.3 is 0 Å². The molecular formula is C20H17N5O2S. The van der Waals surface area contributed by atoms with Crippen molar-refractivity contribution in [3.63, 3.8) is 0 Å². The van der Waals surface area contributed by atoms with E-state index in [1.165, 1.54) is 11.8 Å². The first-order chi connectivity index (χ1) is 13.7. The molecule has 4 aromatic rings. The van der Waals surface area contributed by atoms with E-state index in [4.69, 9.17) is 9.26 Å². The minimum absolute atomic E-state index is 0.482. The van der Waals surface area contributed by atoms with Crippen molar-refractivity contribution in [2.24, 2.45) is 0 Å². The molecule has 140 valence electrons. The lowest BCUT2D eigenvalue weighted by molar-refractivity contribution is 0.391. The highest BCUT2D eigenvalue weighted by Gasteiger charge is 2.11. The summed E-state index contributed by atoms with van der Waals surface area (Å²) in [7, 11) is 0. The summed E-state index contributed by atoms with van der Waals surface area (Å²) in [5, 5.41) is 4.72. The zero-order valence-corrected chi connectivity index (χ0v) is 16.2. The van der Waals surface area contributed by atoms with Gasteiger partial charge in [-0.25, -0.2) is 15.0 Å². The Hall–Kier alpha value is -3.26. The fourth-order valence-electron chi connectivity index (χ4n) is 2.50. The summed E-state index contributed by atoms with van der Waals surface area (Å²) in [6, 6.07) is 15.1. The largest absolute Gasteiger partial charge is 0.439 e. The quantitative estimate of drug-likeness (QED) is 0.347. The van der Waals surface area contributed by atoms with E-state index in [0.717, 1.165) is 22.7 Å². The van der Waals surface area contributed by atoms with Gasteiger partial charge in [-0.05, 0) is 38.1 Å². The molecule has 0 saturated carbocycles. The predicted molar refractivity (Wildman–Crippen MR) is 105 cm³/mol. The standard InChI is InChI=1S/C20H17N5O2S/c1-13-10-14(2)23-20(22-13)28-12-18-24-19(25-27-18)15-8-9-17(21-11-15)26-16-6-4-3-5-7-16/h3-11H,12H2,1-2H3. The number of nitrogens with zero attached hydrogens (tertiary/aromatic N) is 5. The number of aryl methyl sites for hydroxylation is 2. The predicted octanol–water partition coefficient (Wildman–Crippen LogP) is 4.62. The molecule has 0 atom stereocenters. The molecule has 0 N–H and O–H groups in total. The lowest BCUT2D eigenvalue weighted by Crippen LogP contribution is -1.93. The van der Waals surface area contributed by atoms with E-state index in [0.29, 0.717) is 28.5 Å². The Morgan fingerprint density at radius 1 is 0.964 bits per heavy atom. The van der Waals surface area contributed by atoms with E-state index in [1.54, 1.807) is 12.3 Å². The van der Waals surface area contributed by atoms with Gasteiger partial charge in [0.25, 0.3) is 0 Å². The first kappa shape index (κ1) is 18.1. The highest BCUT2D eigenvalue weighted by atomic mass is 32.2. The van der Waals surface area contributed by atoms with Gasteiger partial charge < -0.3 is 9.26 Å². The molecule has 0 aliphatic heterocycles. The molecule has 3 heterocycles. The van der Waals surface area contributed by atoms with Crippen molar-refractivity contribution in [1.29, 1.82) is 0 Å². The molecule has 0 amide bonds. The fraction of sp³-hybridized carbons (Fsp3) is 0.150. The van der Waals surface area contributed by atoms with Crippen LogP contribution in [0.1, 0.15) is 17.3 Å². The summed E-state index contributed by atoms with van der Waals surface area (Å²) in [5.74, 6) is 2.72. The average Bonchev–Trinajstić information content (AvgIpc) is 3.16. The molecular weight excluding hydrogens is 374 g/mol. The number of rotatable bonds is 6. The summed E-state index contributed by atoms with van der Waals surface area (Å²) in [6.45, 7) is 3.89. The molecule has 1 aromatic carbocycles. The Morgan fingerprint density at radius 2 is 1.75 bits per heavy atom. The second-order valence-corrected chi connectivity index (χ2v) is 6.98. The van der Waals surface area contributed by atoms with Crippen molar-refractivity contribution in [1.82, 2.24) is 25.1 Å². The molecule has 0 radical (unpaired) electrons. The molecule has 0 saturated heterocycles. The number of hydrogen-bond donors (Lipinski definition) is 0. The molecule has 0 aliphatic rings. The zero-order chi connectivity index (χ0) is 19.3. The van der Waals surface area contributed by atoms with Crippen molar-refractivity contribution < 1.29 is 9.26 Å². The number of benzene rings is 1. The van der Waals surface area contributed by atoms with Crippen LogP contribution in [-0.4, -0.2) is 25.1 Å². The van der Waals surface area contributed by atoms with Crippen LogP contribution in [0.5, 0.6) is 11.6 Å². The average molecular weight is 391 g/mol. The van der Waals surface area contributed by atoms with Crippen LogP contribution < -0.4 is 4.74 Å². The monoisotopic (exact) mass is 391 g/mol. The summed E-state index contributed by atoms with van der Waals surface area (Å²) < 4.78 is 11.0. The fourth-order valence-corrected chi connectivity index (χ4v) is 3.28. The molecule has 4 rings (SSSR count). The normalized spacial score (nSPS) is 10.8. The van der Waals surface area contributed by atoms with Crippen LogP contribution in [0.2, 0.25) is 0 Å². The summed E-state index contributed by atoms with van der Waals surface area (Å²) in [6.07, 6.45) is 1.66. The number of para-hydroxylation sites is 1. The van der Waals surface area contributed by atoms with E-state index in [-0.39, 0.29) is 0 Å². The molecule has 28 heavy (non-hydrogen) atoms. The van der Waals surface area contributed by atoms with Crippen LogP contribution in [0, 0.1) is 13.8 Å². The van der Waals surface area contributed by atoms with Gasteiger partial charge in [-0.2, -0.15) is 4.98 Å². The SMILES string of the molecule is Cc1cc(C)nc(SCc2nc(-c3ccc(Oc4ccccc4)nc3)no2)n1. The van der Waals surface area contributed by atoms with E-state index in [2.05, 4.69) is 25.1 Å². The van der Waals surface area contributed by atoms with E-state index in [1.807, 2.05) is 56.3 Å². The van der Waals surface area contributed by atoms with Gasteiger partial charge in [-0.3, -0.25) is 0 Å². The van der Waals surface area contributed by atoms with Gasteiger partial charge in [0.1, 0.15) is 5.75 Å². The van der Waals surface area contributed by atoms with Gasteiger partial charge in [-0.15, -0.1) is 0 Å². The Morgan fingerprint density at radius 3 is 2.46 bits per heavy atom. The molecule has 0 aliphatic carbocycles. The maximum Gasteiger partial charge on any atom is 0.237 e.